The summed E-state index contributed by atoms with van der Waals surface area (Å²) in [7, 11) is 1.06. The Hall–Kier alpha value is -4.06. The lowest BCUT2D eigenvalue weighted by Crippen LogP contribution is -2.57. The third-order valence-corrected chi connectivity index (χ3v) is 4.02. The molecule has 0 saturated heterocycles. The second-order valence-electron chi connectivity index (χ2n) is 4.98. The molecule has 2 aliphatic rings. The van der Waals surface area contributed by atoms with Gasteiger partial charge in [0, 0.05) is 12.4 Å². The highest BCUT2D eigenvalue weighted by molar-refractivity contribution is 5.93. The van der Waals surface area contributed by atoms with Gasteiger partial charge in [-0.2, -0.15) is 26.3 Å². The summed E-state index contributed by atoms with van der Waals surface area (Å²) in [6.07, 6.45) is 5.33. The molecule has 0 saturated carbocycles. The summed E-state index contributed by atoms with van der Waals surface area (Å²) in [6, 6.07) is 7.56. The molecule has 114 valence electrons. The molecule has 0 radical (unpaired) electrons. The van der Waals surface area contributed by atoms with Gasteiger partial charge in [-0.1, -0.05) is 0 Å². The van der Waals surface area contributed by atoms with Gasteiger partial charge in [0.2, 0.25) is 10.8 Å². The Morgan fingerprint density at radius 1 is 1.17 bits per heavy atom. The average molecular weight is 316 g/mol. The summed E-state index contributed by atoms with van der Waals surface area (Å²) in [6.45, 7) is 0. The fourth-order valence-electron chi connectivity index (χ4n) is 2.76. The SMILES string of the molecule is COC(=O)C1=CN2C=CC(C#N)=CC2C(C#N)(C#N)C1(C#N)C#N. The number of fused-ring (bicyclic) bond motifs is 1. The van der Waals surface area contributed by atoms with Crippen molar-refractivity contribution in [3.63, 3.8) is 0 Å². The number of allylic oxidation sites excluding steroid dienone is 2. The minimum Gasteiger partial charge on any atom is -0.466 e. The summed E-state index contributed by atoms with van der Waals surface area (Å²) < 4.78 is 4.61. The standard InChI is InChI=1S/C16H8N6O2/c1-24-14(23)12-6-22-3-2-11(5-17)4-13(22)16(9-20,10-21)15(12,7-18)8-19/h2-4,6,13H,1H3. The molecule has 2 heterocycles. The third-order valence-electron chi connectivity index (χ3n) is 4.02. The van der Waals surface area contributed by atoms with E-state index in [2.05, 4.69) is 4.74 Å². The maximum absolute atomic E-state index is 12.1. The maximum Gasteiger partial charge on any atom is 0.338 e. The number of esters is 1. The normalized spacial score (nSPS) is 22.0. The van der Waals surface area contributed by atoms with Crippen LogP contribution in [-0.4, -0.2) is 24.0 Å². The first-order chi connectivity index (χ1) is 11.5. The van der Waals surface area contributed by atoms with Crippen LogP contribution in [0.1, 0.15) is 0 Å². The quantitative estimate of drug-likeness (QED) is 0.644. The summed E-state index contributed by atoms with van der Waals surface area (Å²) in [5.74, 6) is -0.991. The Morgan fingerprint density at radius 2 is 1.79 bits per heavy atom. The largest absolute Gasteiger partial charge is 0.466 e. The maximum atomic E-state index is 12.1. The Kier molecular flexibility index (Phi) is 3.82. The van der Waals surface area contributed by atoms with Crippen molar-refractivity contribution in [3.8, 4) is 30.3 Å². The van der Waals surface area contributed by atoms with Gasteiger partial charge < -0.3 is 9.64 Å². The highest BCUT2D eigenvalue weighted by atomic mass is 16.5. The third kappa shape index (κ3) is 1.77. The highest BCUT2D eigenvalue weighted by Crippen LogP contribution is 2.52. The summed E-state index contributed by atoms with van der Waals surface area (Å²) in [4.78, 5) is 13.4. The molecule has 8 heteroatoms. The van der Waals surface area contributed by atoms with Gasteiger partial charge in [-0.3, -0.25) is 0 Å². The van der Waals surface area contributed by atoms with E-state index in [0.29, 0.717) is 0 Å². The molecule has 0 amide bonds. The predicted molar refractivity (Wildman–Crippen MR) is 75.9 cm³/mol. The van der Waals surface area contributed by atoms with Crippen LogP contribution in [0.15, 0.2) is 35.7 Å². The number of rotatable bonds is 1. The minimum atomic E-state index is -2.37. The molecule has 1 unspecified atom stereocenters. The number of nitriles is 5. The van der Waals surface area contributed by atoms with Crippen molar-refractivity contribution < 1.29 is 9.53 Å². The minimum absolute atomic E-state index is 0.172. The van der Waals surface area contributed by atoms with Crippen molar-refractivity contribution in [2.45, 2.75) is 6.04 Å². The molecule has 0 spiro atoms. The number of nitrogens with zero attached hydrogens (tertiary/aromatic N) is 6. The van der Waals surface area contributed by atoms with Gasteiger partial charge in [0.15, 0.2) is 0 Å². The summed E-state index contributed by atoms with van der Waals surface area (Å²) >= 11 is 0. The van der Waals surface area contributed by atoms with Crippen molar-refractivity contribution in [2.24, 2.45) is 10.8 Å². The van der Waals surface area contributed by atoms with E-state index in [1.807, 2.05) is 6.07 Å². The molecule has 2 aliphatic heterocycles. The molecular formula is C16H8N6O2. The molecule has 0 aromatic carbocycles. The van der Waals surface area contributed by atoms with E-state index >= 15 is 0 Å². The first-order valence-corrected chi connectivity index (χ1v) is 6.53. The first-order valence-electron chi connectivity index (χ1n) is 6.53. The number of hydrogen-bond donors (Lipinski definition) is 0. The molecule has 0 N–H and O–H groups in total. The molecule has 1 atom stereocenters. The van der Waals surface area contributed by atoms with E-state index in [1.54, 1.807) is 24.3 Å². The van der Waals surface area contributed by atoms with Gasteiger partial charge in [0.25, 0.3) is 0 Å². The zero-order valence-corrected chi connectivity index (χ0v) is 12.4. The fourth-order valence-corrected chi connectivity index (χ4v) is 2.76. The van der Waals surface area contributed by atoms with Gasteiger partial charge in [0.1, 0.15) is 0 Å². The Balaban J connectivity index is 2.91. The van der Waals surface area contributed by atoms with Crippen LogP contribution in [0.2, 0.25) is 0 Å². The molecule has 0 fully saturated rings. The molecule has 0 aromatic rings. The van der Waals surface area contributed by atoms with Gasteiger partial charge >= 0.3 is 5.97 Å². The molecule has 24 heavy (non-hydrogen) atoms. The van der Waals surface area contributed by atoms with E-state index < -0.39 is 28.4 Å². The van der Waals surface area contributed by atoms with E-state index in [9.17, 15) is 25.8 Å². The van der Waals surface area contributed by atoms with Gasteiger partial charge in [-0.25, -0.2) is 4.79 Å². The highest BCUT2D eigenvalue weighted by Gasteiger charge is 2.66. The van der Waals surface area contributed by atoms with Crippen LogP contribution in [0.25, 0.3) is 0 Å². The average Bonchev–Trinajstić information content (AvgIpc) is 2.65. The Bertz CT molecular complexity index is 879. The summed E-state index contributed by atoms with van der Waals surface area (Å²) in [5, 5.41) is 47.7. The van der Waals surface area contributed by atoms with Crippen LogP contribution >= 0.6 is 0 Å². The van der Waals surface area contributed by atoms with Crippen molar-refractivity contribution in [2.75, 3.05) is 7.11 Å². The number of ether oxygens (including phenoxy) is 1. The van der Waals surface area contributed by atoms with Crippen molar-refractivity contribution in [3.05, 3.63) is 35.7 Å². The van der Waals surface area contributed by atoms with E-state index in [4.69, 9.17) is 5.26 Å². The second-order valence-corrected chi connectivity index (χ2v) is 4.98. The number of methoxy groups -OCH3 is 1. The number of hydrogen-bond acceptors (Lipinski definition) is 8. The zero-order valence-electron chi connectivity index (χ0n) is 12.4. The van der Waals surface area contributed by atoms with Crippen LogP contribution in [0.3, 0.4) is 0 Å². The molecule has 0 aromatic heterocycles. The zero-order chi connectivity index (χ0) is 18.0. The number of carbonyl (C=O) groups excluding carboxylic acids is 1. The lowest BCUT2D eigenvalue weighted by Gasteiger charge is -2.45. The first kappa shape index (κ1) is 16.3. The van der Waals surface area contributed by atoms with E-state index in [1.165, 1.54) is 29.5 Å². The van der Waals surface area contributed by atoms with Crippen LogP contribution in [0, 0.1) is 67.5 Å². The lowest BCUT2D eigenvalue weighted by atomic mass is 9.56. The van der Waals surface area contributed by atoms with Crippen LogP contribution in [0.5, 0.6) is 0 Å². The van der Waals surface area contributed by atoms with Gasteiger partial charge in [-0.15, -0.1) is 0 Å². The van der Waals surface area contributed by atoms with Crippen molar-refractivity contribution >= 4 is 5.97 Å². The number of carbonyl (C=O) groups is 1. The van der Waals surface area contributed by atoms with Gasteiger partial charge in [-0.05, 0) is 12.2 Å². The topological polar surface area (TPSA) is 148 Å². The van der Waals surface area contributed by atoms with Crippen LogP contribution < -0.4 is 0 Å². The van der Waals surface area contributed by atoms with E-state index in [0.717, 1.165) is 7.11 Å². The molecule has 0 aliphatic carbocycles. The van der Waals surface area contributed by atoms with Crippen LogP contribution in [0.4, 0.5) is 0 Å². The molecule has 8 nitrogen and oxygen atoms in total. The molecular weight excluding hydrogens is 308 g/mol. The smallest absolute Gasteiger partial charge is 0.338 e. The fraction of sp³-hybridized carbons (Fsp3) is 0.250. The molecule has 0 bridgehead atoms. The van der Waals surface area contributed by atoms with Crippen molar-refractivity contribution in [1.29, 1.82) is 26.3 Å². The van der Waals surface area contributed by atoms with E-state index in [-0.39, 0.29) is 5.57 Å². The monoisotopic (exact) mass is 316 g/mol. The Labute approximate surface area is 137 Å². The Morgan fingerprint density at radius 3 is 2.25 bits per heavy atom. The molecule has 2 rings (SSSR count). The van der Waals surface area contributed by atoms with Gasteiger partial charge in [0.05, 0.1) is 54.6 Å². The predicted octanol–water partition coefficient (Wildman–Crippen LogP) is 0.772. The lowest BCUT2D eigenvalue weighted by molar-refractivity contribution is -0.137. The van der Waals surface area contributed by atoms with Crippen LogP contribution in [-0.2, 0) is 9.53 Å². The summed E-state index contributed by atoms with van der Waals surface area (Å²) in [5.41, 5.74) is -4.84. The second kappa shape index (κ2) is 5.62. The van der Waals surface area contributed by atoms with Crippen molar-refractivity contribution in [1.82, 2.24) is 4.90 Å².